The number of hydrogen-bond donors (Lipinski definition) is 2. The van der Waals surface area contributed by atoms with Gasteiger partial charge in [-0.05, 0) is 42.3 Å². The minimum atomic E-state index is -4.34. The van der Waals surface area contributed by atoms with Gasteiger partial charge in [-0.25, -0.2) is 0 Å². The van der Waals surface area contributed by atoms with Gasteiger partial charge >= 0.3 is 6.18 Å². The van der Waals surface area contributed by atoms with Crippen LogP contribution in [-0.2, 0) is 12.6 Å². The largest absolute Gasteiger partial charge is 0.492 e. The zero-order valence-corrected chi connectivity index (χ0v) is 13.2. The summed E-state index contributed by atoms with van der Waals surface area (Å²) in [7, 11) is 0. The van der Waals surface area contributed by atoms with E-state index in [1.165, 1.54) is 12.1 Å². The predicted octanol–water partition coefficient (Wildman–Crippen LogP) is 3.33. The number of nitrogens with two attached hydrogens (primary N) is 2. The molecule has 1 unspecified atom stereocenters. The van der Waals surface area contributed by atoms with Crippen molar-refractivity contribution >= 4 is 0 Å². The van der Waals surface area contributed by atoms with Crippen LogP contribution in [0.4, 0.5) is 13.2 Å². The van der Waals surface area contributed by atoms with Gasteiger partial charge in [0.1, 0.15) is 12.4 Å². The highest BCUT2D eigenvalue weighted by Crippen LogP contribution is 2.31. The first kappa shape index (κ1) is 18.3. The molecule has 0 aliphatic rings. The lowest BCUT2D eigenvalue weighted by Crippen LogP contribution is -2.16. The molecule has 0 aliphatic carbocycles. The van der Waals surface area contributed by atoms with Crippen LogP contribution in [0.5, 0.6) is 5.75 Å². The van der Waals surface area contributed by atoms with Crippen molar-refractivity contribution in [1.29, 1.82) is 0 Å². The van der Waals surface area contributed by atoms with Crippen molar-refractivity contribution in [2.75, 3.05) is 19.7 Å². The molecule has 130 valence electrons. The van der Waals surface area contributed by atoms with Crippen LogP contribution in [-0.4, -0.2) is 19.7 Å². The van der Waals surface area contributed by atoms with Gasteiger partial charge in [0.25, 0.3) is 0 Å². The fraction of sp³-hybridized carbons (Fsp3) is 0.333. The normalized spacial score (nSPS) is 12.9. The summed E-state index contributed by atoms with van der Waals surface area (Å²) in [4.78, 5) is 0. The highest BCUT2D eigenvalue weighted by Gasteiger charge is 2.30. The molecular weight excluding hydrogens is 317 g/mol. The van der Waals surface area contributed by atoms with Crippen molar-refractivity contribution in [2.45, 2.75) is 18.5 Å². The van der Waals surface area contributed by atoms with Crippen LogP contribution in [0.15, 0.2) is 48.5 Å². The van der Waals surface area contributed by atoms with Gasteiger partial charge in [0.2, 0.25) is 0 Å². The van der Waals surface area contributed by atoms with Crippen molar-refractivity contribution in [3.05, 3.63) is 65.2 Å². The maximum absolute atomic E-state index is 12.8. The molecule has 0 saturated heterocycles. The molecule has 0 aromatic heterocycles. The Kier molecular flexibility index (Phi) is 6.23. The fourth-order valence-corrected chi connectivity index (χ4v) is 2.53. The molecule has 6 heteroatoms. The Labute approximate surface area is 139 Å². The Morgan fingerprint density at radius 1 is 1.00 bits per heavy atom. The fourth-order valence-electron chi connectivity index (χ4n) is 2.53. The highest BCUT2D eigenvalue weighted by atomic mass is 19.4. The Hall–Kier alpha value is -2.05. The molecule has 2 aromatic carbocycles. The quantitative estimate of drug-likeness (QED) is 0.814. The summed E-state index contributed by atoms with van der Waals surface area (Å²) in [5, 5.41) is 0. The third-order valence-electron chi connectivity index (χ3n) is 3.74. The third-order valence-corrected chi connectivity index (χ3v) is 3.74. The number of benzene rings is 2. The summed E-state index contributed by atoms with van der Waals surface area (Å²) in [5.74, 6) is 0.593. The van der Waals surface area contributed by atoms with E-state index in [0.29, 0.717) is 37.4 Å². The van der Waals surface area contributed by atoms with Gasteiger partial charge in [0, 0.05) is 12.5 Å². The zero-order chi connectivity index (χ0) is 17.6. The van der Waals surface area contributed by atoms with Gasteiger partial charge in [0.05, 0.1) is 5.56 Å². The molecule has 2 rings (SSSR count). The lowest BCUT2D eigenvalue weighted by atomic mass is 9.91. The average molecular weight is 338 g/mol. The Bertz CT molecular complexity index is 659. The van der Waals surface area contributed by atoms with Gasteiger partial charge in [-0.1, -0.05) is 30.3 Å². The summed E-state index contributed by atoms with van der Waals surface area (Å²) >= 11 is 0. The van der Waals surface area contributed by atoms with Crippen LogP contribution < -0.4 is 16.2 Å². The number of ether oxygens (including phenoxy) is 1. The molecule has 0 amide bonds. The van der Waals surface area contributed by atoms with Crippen LogP contribution in [0.3, 0.4) is 0 Å². The summed E-state index contributed by atoms with van der Waals surface area (Å²) in [6.07, 6.45) is -3.91. The number of alkyl halides is 3. The first-order valence-electron chi connectivity index (χ1n) is 7.73. The van der Waals surface area contributed by atoms with Gasteiger partial charge in [-0.2, -0.15) is 13.2 Å². The zero-order valence-electron chi connectivity index (χ0n) is 13.2. The first-order valence-corrected chi connectivity index (χ1v) is 7.73. The Balaban J connectivity index is 2.18. The molecule has 0 radical (unpaired) electrons. The van der Waals surface area contributed by atoms with Gasteiger partial charge in [0.15, 0.2) is 0 Å². The van der Waals surface area contributed by atoms with Crippen LogP contribution in [0, 0.1) is 0 Å². The second kappa shape index (κ2) is 8.17. The molecular formula is C18H21F3N2O. The van der Waals surface area contributed by atoms with Gasteiger partial charge < -0.3 is 16.2 Å². The van der Waals surface area contributed by atoms with E-state index in [0.717, 1.165) is 11.6 Å². The van der Waals surface area contributed by atoms with E-state index in [9.17, 15) is 13.2 Å². The van der Waals surface area contributed by atoms with E-state index < -0.39 is 11.7 Å². The smallest absolute Gasteiger partial charge is 0.416 e. The van der Waals surface area contributed by atoms with E-state index in [1.807, 2.05) is 24.3 Å². The van der Waals surface area contributed by atoms with Gasteiger partial charge in [-0.3, -0.25) is 0 Å². The molecule has 0 fully saturated rings. The van der Waals surface area contributed by atoms with Crippen LogP contribution in [0.2, 0.25) is 0 Å². The molecule has 3 nitrogen and oxygen atoms in total. The topological polar surface area (TPSA) is 61.3 Å². The second-order valence-corrected chi connectivity index (χ2v) is 5.54. The van der Waals surface area contributed by atoms with Crippen molar-refractivity contribution in [3.8, 4) is 5.75 Å². The lowest BCUT2D eigenvalue weighted by Gasteiger charge is -2.17. The van der Waals surface area contributed by atoms with Crippen LogP contribution >= 0.6 is 0 Å². The SMILES string of the molecule is NCCOc1cccc(C(CN)Cc2cccc(C(F)(F)F)c2)c1. The second-order valence-electron chi connectivity index (χ2n) is 5.54. The van der Waals surface area contributed by atoms with Gasteiger partial charge in [-0.15, -0.1) is 0 Å². The molecule has 0 spiro atoms. The van der Waals surface area contributed by atoms with E-state index in [-0.39, 0.29) is 5.92 Å². The van der Waals surface area contributed by atoms with E-state index in [1.54, 1.807) is 6.07 Å². The van der Waals surface area contributed by atoms with E-state index in [2.05, 4.69) is 0 Å². The first-order chi connectivity index (χ1) is 11.4. The molecule has 1 atom stereocenters. The summed E-state index contributed by atoms with van der Waals surface area (Å²) < 4.78 is 44.0. The standard InChI is InChI=1S/C18H21F3N2O/c19-18(20,21)16-5-1-3-13(10-16)9-15(12-23)14-4-2-6-17(11-14)24-8-7-22/h1-6,10-11,15H,7-9,12,22-23H2. The molecule has 4 N–H and O–H groups in total. The van der Waals surface area contributed by atoms with Crippen LogP contribution in [0.25, 0.3) is 0 Å². The number of halogens is 3. The van der Waals surface area contributed by atoms with Crippen molar-refractivity contribution < 1.29 is 17.9 Å². The summed E-state index contributed by atoms with van der Waals surface area (Å²) in [6.45, 7) is 1.15. The minimum Gasteiger partial charge on any atom is -0.492 e. The maximum atomic E-state index is 12.8. The lowest BCUT2D eigenvalue weighted by molar-refractivity contribution is -0.137. The third kappa shape index (κ3) is 4.97. The number of hydrogen-bond acceptors (Lipinski definition) is 3. The molecule has 24 heavy (non-hydrogen) atoms. The molecule has 0 saturated carbocycles. The monoisotopic (exact) mass is 338 g/mol. The van der Waals surface area contributed by atoms with Crippen molar-refractivity contribution in [1.82, 2.24) is 0 Å². The Morgan fingerprint density at radius 3 is 2.42 bits per heavy atom. The van der Waals surface area contributed by atoms with Crippen molar-refractivity contribution in [2.24, 2.45) is 11.5 Å². The highest BCUT2D eigenvalue weighted by molar-refractivity contribution is 5.33. The molecule has 2 aromatic rings. The summed E-state index contributed by atoms with van der Waals surface area (Å²) in [6, 6.07) is 12.8. The minimum absolute atomic E-state index is 0.0880. The Morgan fingerprint density at radius 2 is 1.75 bits per heavy atom. The maximum Gasteiger partial charge on any atom is 0.416 e. The molecule has 0 heterocycles. The average Bonchev–Trinajstić information content (AvgIpc) is 2.57. The summed E-state index contributed by atoms with van der Waals surface area (Å²) in [5.41, 5.74) is 12.2. The van der Waals surface area contributed by atoms with E-state index in [4.69, 9.17) is 16.2 Å². The van der Waals surface area contributed by atoms with Crippen LogP contribution in [0.1, 0.15) is 22.6 Å². The predicted molar refractivity (Wildman–Crippen MR) is 87.9 cm³/mol. The molecule has 0 aliphatic heterocycles. The molecule has 0 bridgehead atoms. The van der Waals surface area contributed by atoms with Crippen molar-refractivity contribution in [3.63, 3.8) is 0 Å². The number of rotatable bonds is 7. The van der Waals surface area contributed by atoms with E-state index >= 15 is 0 Å².